The Kier molecular flexibility index (Phi) is 3.96. The van der Waals surface area contributed by atoms with Crippen LogP contribution in [0, 0.1) is 6.92 Å². The van der Waals surface area contributed by atoms with Gasteiger partial charge in [0.05, 0.1) is 19.2 Å². The van der Waals surface area contributed by atoms with Crippen molar-refractivity contribution in [3.63, 3.8) is 0 Å². The Morgan fingerprint density at radius 1 is 1.47 bits per heavy atom. The van der Waals surface area contributed by atoms with E-state index in [1.54, 1.807) is 18.4 Å². The summed E-state index contributed by atoms with van der Waals surface area (Å²) in [6.45, 7) is 2.68. The number of halogens is 1. The standard InChI is InChI=1S/C11H12BrN3OS/c1-7-10(14-6-15-11(7)16-2)13-4-9-3-8(12)5-17-9/h3,5-6H,4H2,1-2H3,(H,13,14,15). The predicted octanol–water partition coefficient (Wildman–Crippen LogP) is 3.23. The van der Waals surface area contributed by atoms with Gasteiger partial charge in [-0.3, -0.25) is 0 Å². The number of nitrogens with zero attached hydrogens (tertiary/aromatic N) is 2. The van der Waals surface area contributed by atoms with Crippen LogP contribution < -0.4 is 10.1 Å². The van der Waals surface area contributed by atoms with Crippen molar-refractivity contribution in [1.82, 2.24) is 9.97 Å². The summed E-state index contributed by atoms with van der Waals surface area (Å²) in [5.41, 5.74) is 0.922. The highest BCUT2D eigenvalue weighted by Crippen LogP contribution is 2.23. The van der Waals surface area contributed by atoms with Gasteiger partial charge in [0.25, 0.3) is 0 Å². The zero-order valence-corrected chi connectivity index (χ0v) is 11.9. The number of thiophene rings is 1. The molecule has 0 unspecified atom stereocenters. The number of rotatable bonds is 4. The molecule has 90 valence electrons. The predicted molar refractivity (Wildman–Crippen MR) is 72.7 cm³/mol. The fraction of sp³-hybridized carbons (Fsp3) is 0.273. The molecule has 1 N–H and O–H groups in total. The lowest BCUT2D eigenvalue weighted by Crippen LogP contribution is -2.04. The molecule has 2 heterocycles. The molecule has 2 aromatic rings. The van der Waals surface area contributed by atoms with E-state index in [0.29, 0.717) is 5.88 Å². The van der Waals surface area contributed by atoms with Crippen molar-refractivity contribution < 1.29 is 4.74 Å². The third-order valence-electron chi connectivity index (χ3n) is 2.28. The zero-order valence-electron chi connectivity index (χ0n) is 9.53. The van der Waals surface area contributed by atoms with Gasteiger partial charge in [0, 0.05) is 14.7 Å². The zero-order chi connectivity index (χ0) is 12.3. The van der Waals surface area contributed by atoms with Gasteiger partial charge < -0.3 is 10.1 Å². The van der Waals surface area contributed by atoms with Crippen LogP contribution in [0.1, 0.15) is 10.4 Å². The molecule has 4 nitrogen and oxygen atoms in total. The second-order valence-electron chi connectivity index (χ2n) is 3.44. The van der Waals surface area contributed by atoms with Crippen molar-refractivity contribution >= 4 is 33.1 Å². The summed E-state index contributed by atoms with van der Waals surface area (Å²) >= 11 is 5.13. The number of hydrogen-bond acceptors (Lipinski definition) is 5. The number of nitrogens with one attached hydrogen (secondary N) is 1. The molecule has 0 bridgehead atoms. The lowest BCUT2D eigenvalue weighted by Gasteiger charge is -2.09. The van der Waals surface area contributed by atoms with Gasteiger partial charge in [-0.25, -0.2) is 9.97 Å². The molecule has 0 saturated heterocycles. The summed E-state index contributed by atoms with van der Waals surface area (Å²) < 4.78 is 6.25. The van der Waals surface area contributed by atoms with Gasteiger partial charge in [0.2, 0.25) is 5.88 Å². The van der Waals surface area contributed by atoms with E-state index in [9.17, 15) is 0 Å². The monoisotopic (exact) mass is 313 g/mol. The Balaban J connectivity index is 2.09. The molecule has 0 aliphatic carbocycles. The molecule has 0 fully saturated rings. The first-order valence-corrected chi connectivity index (χ1v) is 6.70. The van der Waals surface area contributed by atoms with Gasteiger partial charge in [-0.15, -0.1) is 11.3 Å². The topological polar surface area (TPSA) is 47.0 Å². The van der Waals surface area contributed by atoms with Crippen LogP contribution in [-0.2, 0) is 6.54 Å². The van der Waals surface area contributed by atoms with Crippen molar-refractivity contribution in [1.29, 1.82) is 0 Å². The molecule has 0 aliphatic rings. The van der Waals surface area contributed by atoms with Gasteiger partial charge in [-0.2, -0.15) is 0 Å². The molecule has 6 heteroatoms. The molecule has 0 aromatic carbocycles. The molecule has 2 rings (SSSR count). The molecule has 0 saturated carbocycles. The summed E-state index contributed by atoms with van der Waals surface area (Å²) in [4.78, 5) is 9.48. The van der Waals surface area contributed by atoms with Crippen molar-refractivity contribution in [2.24, 2.45) is 0 Å². The van der Waals surface area contributed by atoms with Crippen LogP contribution in [0.2, 0.25) is 0 Å². The van der Waals surface area contributed by atoms with Crippen molar-refractivity contribution in [2.45, 2.75) is 13.5 Å². The lowest BCUT2D eigenvalue weighted by molar-refractivity contribution is 0.393. The Bertz CT molecular complexity index is 515. The minimum atomic E-state index is 0.606. The van der Waals surface area contributed by atoms with Crippen LogP contribution in [0.15, 0.2) is 22.2 Å². The lowest BCUT2D eigenvalue weighted by atomic mass is 10.3. The molecule has 2 aromatic heterocycles. The summed E-state index contributed by atoms with van der Waals surface area (Å²) in [6.07, 6.45) is 1.50. The molecule has 17 heavy (non-hydrogen) atoms. The SMILES string of the molecule is COc1ncnc(NCc2cc(Br)cs2)c1C. The van der Waals surface area contributed by atoms with E-state index in [1.807, 2.05) is 6.92 Å². The van der Waals surface area contributed by atoms with Crippen LogP contribution >= 0.6 is 27.3 Å². The van der Waals surface area contributed by atoms with E-state index in [1.165, 1.54) is 11.2 Å². The Labute approximate surface area is 112 Å². The van der Waals surface area contributed by atoms with Crippen LogP contribution in [-0.4, -0.2) is 17.1 Å². The molecule has 0 spiro atoms. The van der Waals surface area contributed by atoms with Crippen molar-refractivity contribution in [3.8, 4) is 5.88 Å². The maximum absolute atomic E-state index is 5.15. The first-order valence-electron chi connectivity index (χ1n) is 5.03. The average molecular weight is 314 g/mol. The maximum Gasteiger partial charge on any atom is 0.221 e. The van der Waals surface area contributed by atoms with E-state index in [-0.39, 0.29) is 0 Å². The quantitative estimate of drug-likeness (QED) is 0.941. The highest BCUT2D eigenvalue weighted by Gasteiger charge is 2.07. The van der Waals surface area contributed by atoms with Crippen LogP contribution in [0.5, 0.6) is 5.88 Å². The minimum Gasteiger partial charge on any atom is -0.481 e. The van der Waals surface area contributed by atoms with Crippen LogP contribution in [0.25, 0.3) is 0 Å². The average Bonchev–Trinajstić information content (AvgIpc) is 2.74. The summed E-state index contributed by atoms with van der Waals surface area (Å²) in [5.74, 6) is 1.41. The van der Waals surface area contributed by atoms with E-state index < -0.39 is 0 Å². The fourth-order valence-electron chi connectivity index (χ4n) is 1.44. The van der Waals surface area contributed by atoms with E-state index in [2.05, 4.69) is 42.7 Å². The number of methoxy groups -OCH3 is 1. The second-order valence-corrected chi connectivity index (χ2v) is 5.35. The summed E-state index contributed by atoms with van der Waals surface area (Å²) in [5, 5.41) is 5.34. The number of aromatic nitrogens is 2. The molecule has 0 aliphatic heterocycles. The van der Waals surface area contributed by atoms with E-state index >= 15 is 0 Å². The van der Waals surface area contributed by atoms with E-state index in [4.69, 9.17) is 4.74 Å². The van der Waals surface area contributed by atoms with Gasteiger partial charge in [-0.05, 0) is 28.9 Å². The van der Waals surface area contributed by atoms with Gasteiger partial charge in [0.15, 0.2) is 0 Å². The fourth-order valence-corrected chi connectivity index (χ4v) is 2.83. The van der Waals surface area contributed by atoms with Gasteiger partial charge in [-0.1, -0.05) is 0 Å². The third-order valence-corrected chi connectivity index (χ3v) is 3.98. The van der Waals surface area contributed by atoms with E-state index in [0.717, 1.165) is 22.4 Å². The third kappa shape index (κ3) is 2.95. The number of hydrogen-bond donors (Lipinski definition) is 1. The Hall–Kier alpha value is -1.14. The summed E-state index contributed by atoms with van der Waals surface area (Å²) in [6, 6.07) is 2.09. The Morgan fingerprint density at radius 2 is 2.29 bits per heavy atom. The molecule has 0 amide bonds. The number of ether oxygens (including phenoxy) is 1. The Morgan fingerprint density at radius 3 is 2.94 bits per heavy atom. The first-order chi connectivity index (χ1) is 8.20. The largest absolute Gasteiger partial charge is 0.481 e. The molecule has 0 radical (unpaired) electrons. The number of anilines is 1. The maximum atomic E-state index is 5.15. The highest BCUT2D eigenvalue weighted by atomic mass is 79.9. The van der Waals surface area contributed by atoms with Crippen LogP contribution in [0.4, 0.5) is 5.82 Å². The first kappa shape index (κ1) is 12.3. The van der Waals surface area contributed by atoms with Gasteiger partial charge >= 0.3 is 0 Å². The highest BCUT2D eigenvalue weighted by molar-refractivity contribution is 9.10. The molecule has 0 atom stereocenters. The minimum absolute atomic E-state index is 0.606. The summed E-state index contributed by atoms with van der Waals surface area (Å²) in [7, 11) is 1.61. The molecular formula is C11H12BrN3OS. The normalized spacial score (nSPS) is 10.3. The van der Waals surface area contributed by atoms with Crippen molar-refractivity contribution in [2.75, 3.05) is 12.4 Å². The molecular weight excluding hydrogens is 302 g/mol. The van der Waals surface area contributed by atoms with Crippen molar-refractivity contribution in [3.05, 3.63) is 32.7 Å². The second kappa shape index (κ2) is 5.46. The van der Waals surface area contributed by atoms with Gasteiger partial charge in [0.1, 0.15) is 12.1 Å². The van der Waals surface area contributed by atoms with Crippen LogP contribution in [0.3, 0.4) is 0 Å². The smallest absolute Gasteiger partial charge is 0.221 e.